The van der Waals surface area contributed by atoms with Crippen molar-refractivity contribution in [2.75, 3.05) is 5.32 Å². The van der Waals surface area contributed by atoms with Gasteiger partial charge in [-0.15, -0.1) is 0 Å². The summed E-state index contributed by atoms with van der Waals surface area (Å²) in [6, 6.07) is 6.09. The minimum atomic E-state index is -0.662. The molecule has 1 aliphatic heterocycles. The summed E-state index contributed by atoms with van der Waals surface area (Å²) >= 11 is 3.32. The summed E-state index contributed by atoms with van der Waals surface area (Å²) in [5.41, 5.74) is -0.192. The van der Waals surface area contributed by atoms with Crippen molar-refractivity contribution < 1.29 is 4.79 Å². The molecule has 1 unspecified atom stereocenters. The van der Waals surface area contributed by atoms with Crippen LogP contribution < -0.4 is 21.9 Å². The molecule has 2 amide bonds. The van der Waals surface area contributed by atoms with Gasteiger partial charge in [-0.2, -0.15) is 0 Å². The van der Waals surface area contributed by atoms with Crippen molar-refractivity contribution in [1.82, 2.24) is 15.3 Å². The van der Waals surface area contributed by atoms with Gasteiger partial charge in [0.05, 0.1) is 11.6 Å². The third-order valence-electron chi connectivity index (χ3n) is 2.99. The summed E-state index contributed by atoms with van der Waals surface area (Å²) in [6.45, 7) is 0. The highest BCUT2D eigenvalue weighted by molar-refractivity contribution is 9.10. The topological polar surface area (TPSA) is 107 Å². The van der Waals surface area contributed by atoms with Crippen LogP contribution in [0.25, 0.3) is 0 Å². The smallest absolute Gasteiger partial charge is 0.327 e. The molecule has 1 atom stereocenters. The molecule has 102 valence electrons. The SMILES string of the molecule is O=C1Nc2[nH]c(=O)[nH]c(=O)c2C(c2ccc(Br)cc2)N1. The quantitative estimate of drug-likeness (QED) is 0.625. The van der Waals surface area contributed by atoms with Gasteiger partial charge >= 0.3 is 11.7 Å². The van der Waals surface area contributed by atoms with Crippen molar-refractivity contribution in [3.63, 3.8) is 0 Å². The lowest BCUT2D eigenvalue weighted by Gasteiger charge is -2.26. The molecule has 3 rings (SSSR count). The number of aromatic nitrogens is 2. The van der Waals surface area contributed by atoms with Crippen molar-refractivity contribution in [1.29, 1.82) is 0 Å². The normalized spacial score (nSPS) is 17.1. The van der Waals surface area contributed by atoms with Crippen LogP contribution in [0.4, 0.5) is 10.6 Å². The molecule has 7 nitrogen and oxygen atoms in total. The summed E-state index contributed by atoms with van der Waals surface area (Å²) in [5, 5.41) is 5.08. The first-order valence-electron chi connectivity index (χ1n) is 5.74. The van der Waals surface area contributed by atoms with Gasteiger partial charge in [0.25, 0.3) is 5.56 Å². The molecule has 8 heteroatoms. The zero-order valence-corrected chi connectivity index (χ0v) is 11.6. The highest BCUT2D eigenvalue weighted by Gasteiger charge is 2.29. The number of hydrogen-bond acceptors (Lipinski definition) is 3. The van der Waals surface area contributed by atoms with Crippen LogP contribution in [0, 0.1) is 0 Å². The van der Waals surface area contributed by atoms with E-state index in [-0.39, 0.29) is 11.4 Å². The van der Waals surface area contributed by atoms with Gasteiger partial charge in [0, 0.05) is 4.47 Å². The second-order valence-electron chi connectivity index (χ2n) is 4.28. The lowest BCUT2D eigenvalue weighted by Crippen LogP contribution is -2.44. The number of halogens is 1. The van der Waals surface area contributed by atoms with E-state index < -0.39 is 23.3 Å². The van der Waals surface area contributed by atoms with Gasteiger partial charge in [0.15, 0.2) is 0 Å². The van der Waals surface area contributed by atoms with Gasteiger partial charge in [-0.3, -0.25) is 20.1 Å². The van der Waals surface area contributed by atoms with E-state index in [0.29, 0.717) is 0 Å². The van der Waals surface area contributed by atoms with Crippen LogP contribution in [0.3, 0.4) is 0 Å². The Kier molecular flexibility index (Phi) is 2.94. The molecule has 1 aromatic heterocycles. The zero-order chi connectivity index (χ0) is 14.3. The predicted molar refractivity (Wildman–Crippen MR) is 75.8 cm³/mol. The van der Waals surface area contributed by atoms with Crippen LogP contribution in [0.2, 0.25) is 0 Å². The molecule has 0 aliphatic carbocycles. The van der Waals surface area contributed by atoms with Crippen molar-refractivity contribution in [2.45, 2.75) is 6.04 Å². The number of rotatable bonds is 1. The highest BCUT2D eigenvalue weighted by atomic mass is 79.9. The van der Waals surface area contributed by atoms with Crippen molar-refractivity contribution in [3.8, 4) is 0 Å². The van der Waals surface area contributed by atoms with Gasteiger partial charge in [-0.05, 0) is 17.7 Å². The second-order valence-corrected chi connectivity index (χ2v) is 5.20. The van der Waals surface area contributed by atoms with Gasteiger partial charge in [-0.1, -0.05) is 28.1 Å². The maximum atomic E-state index is 12.0. The number of amides is 2. The van der Waals surface area contributed by atoms with Crippen LogP contribution >= 0.6 is 15.9 Å². The number of H-pyrrole nitrogens is 2. The van der Waals surface area contributed by atoms with E-state index in [4.69, 9.17) is 0 Å². The van der Waals surface area contributed by atoms with Gasteiger partial charge in [0.1, 0.15) is 5.82 Å². The predicted octanol–water partition coefficient (Wildman–Crippen LogP) is 1.05. The number of hydrogen-bond donors (Lipinski definition) is 4. The lowest BCUT2D eigenvalue weighted by molar-refractivity contribution is 0.248. The first kappa shape index (κ1) is 12.7. The number of carbonyl (C=O) groups excluding carboxylic acids is 1. The highest BCUT2D eigenvalue weighted by Crippen LogP contribution is 2.27. The van der Waals surface area contributed by atoms with Gasteiger partial charge < -0.3 is 5.32 Å². The lowest BCUT2D eigenvalue weighted by atomic mass is 9.99. The summed E-state index contributed by atoms with van der Waals surface area (Å²) in [5.74, 6) is 0.121. The molecule has 0 spiro atoms. The number of benzene rings is 1. The van der Waals surface area contributed by atoms with E-state index in [1.54, 1.807) is 12.1 Å². The molecule has 1 aromatic carbocycles. The van der Waals surface area contributed by atoms with Gasteiger partial charge in [-0.25, -0.2) is 9.59 Å². The average molecular weight is 337 g/mol. The minimum Gasteiger partial charge on any atom is -0.327 e. The van der Waals surface area contributed by atoms with Crippen molar-refractivity contribution in [2.24, 2.45) is 0 Å². The number of fused-ring (bicyclic) bond motifs is 1. The van der Waals surface area contributed by atoms with Crippen LogP contribution in [0.15, 0.2) is 38.3 Å². The van der Waals surface area contributed by atoms with Crippen LogP contribution in [-0.2, 0) is 0 Å². The van der Waals surface area contributed by atoms with E-state index in [9.17, 15) is 14.4 Å². The fraction of sp³-hybridized carbons (Fsp3) is 0.0833. The Morgan fingerprint density at radius 3 is 2.40 bits per heavy atom. The number of urea groups is 1. The monoisotopic (exact) mass is 336 g/mol. The van der Waals surface area contributed by atoms with Crippen molar-refractivity contribution >= 4 is 27.8 Å². The Bertz CT molecular complexity index is 794. The molecule has 1 aliphatic rings. The minimum absolute atomic E-state index is 0.121. The fourth-order valence-corrected chi connectivity index (χ4v) is 2.39. The maximum Gasteiger partial charge on any atom is 0.327 e. The third kappa shape index (κ3) is 2.14. The van der Waals surface area contributed by atoms with E-state index in [2.05, 4.69) is 36.5 Å². The molecular weight excluding hydrogens is 328 g/mol. The molecule has 0 bridgehead atoms. The Balaban J connectivity index is 2.19. The first-order valence-corrected chi connectivity index (χ1v) is 6.53. The van der Waals surface area contributed by atoms with E-state index in [1.165, 1.54) is 0 Å². The second kappa shape index (κ2) is 4.64. The summed E-state index contributed by atoms with van der Waals surface area (Å²) in [7, 11) is 0. The molecule has 0 fully saturated rings. The zero-order valence-electron chi connectivity index (χ0n) is 9.99. The molecule has 2 heterocycles. The summed E-state index contributed by atoms with van der Waals surface area (Å²) < 4.78 is 0.886. The number of anilines is 1. The van der Waals surface area contributed by atoms with Gasteiger partial charge in [0.2, 0.25) is 0 Å². The Morgan fingerprint density at radius 1 is 1.00 bits per heavy atom. The third-order valence-corrected chi connectivity index (χ3v) is 3.51. The van der Waals surface area contributed by atoms with Crippen LogP contribution in [0.1, 0.15) is 17.2 Å². The standard InChI is InChI=1S/C12H9BrN4O3/c13-6-3-1-5(2-4-6)8-7-9(15-11(19)14-8)16-12(20)17-10(7)18/h1-4,8H,(H4,14,15,16,17,18,19,20). The summed E-state index contributed by atoms with van der Waals surface area (Å²) in [6.07, 6.45) is 0. The summed E-state index contributed by atoms with van der Waals surface area (Å²) in [4.78, 5) is 39.4. The first-order chi connectivity index (χ1) is 9.54. The maximum absolute atomic E-state index is 12.0. The van der Waals surface area contributed by atoms with Crippen LogP contribution in [0.5, 0.6) is 0 Å². The van der Waals surface area contributed by atoms with E-state index >= 15 is 0 Å². The van der Waals surface area contributed by atoms with Crippen LogP contribution in [-0.4, -0.2) is 16.0 Å². The molecule has 2 aromatic rings. The number of nitrogens with one attached hydrogen (secondary N) is 4. The molecule has 0 saturated heterocycles. The van der Waals surface area contributed by atoms with Crippen molar-refractivity contribution in [3.05, 3.63) is 60.7 Å². The molecule has 0 radical (unpaired) electrons. The molecular formula is C12H9BrN4O3. The Hall–Kier alpha value is -2.35. The average Bonchev–Trinajstić information content (AvgIpc) is 2.37. The molecule has 20 heavy (non-hydrogen) atoms. The van der Waals surface area contributed by atoms with E-state index in [1.807, 2.05) is 12.1 Å². The molecule has 0 saturated carbocycles. The van der Waals surface area contributed by atoms with E-state index in [0.717, 1.165) is 10.0 Å². The Morgan fingerprint density at radius 2 is 1.70 bits per heavy atom. The Labute approximate surface area is 120 Å². The largest absolute Gasteiger partial charge is 0.327 e. The number of carbonyl (C=O) groups is 1. The fourth-order valence-electron chi connectivity index (χ4n) is 2.13. The molecule has 4 N–H and O–H groups in total. The number of aromatic amines is 2.